The molecule has 0 saturated carbocycles. The van der Waals surface area contributed by atoms with Gasteiger partial charge < -0.3 is 5.11 Å². The molecule has 2 atom stereocenters. The first-order chi connectivity index (χ1) is 8.03. The lowest BCUT2D eigenvalue weighted by molar-refractivity contribution is 0.0578. The topological polar surface area (TPSA) is 56.0 Å². The van der Waals surface area contributed by atoms with Crippen LogP contribution in [0.3, 0.4) is 0 Å². The van der Waals surface area contributed by atoms with Crippen molar-refractivity contribution >= 4 is 0 Å². The minimum atomic E-state index is -2.83. The highest BCUT2D eigenvalue weighted by molar-refractivity contribution is 5.21. The first-order valence-corrected chi connectivity index (χ1v) is 5.16. The molecule has 0 amide bonds. The van der Waals surface area contributed by atoms with Crippen LogP contribution in [0.15, 0.2) is 30.3 Å². The van der Waals surface area contributed by atoms with E-state index >= 15 is 0 Å². The number of nitriles is 1. The molecule has 0 radical (unpaired) electrons. The molecule has 0 aliphatic rings. The van der Waals surface area contributed by atoms with Crippen molar-refractivity contribution in [1.82, 2.24) is 5.32 Å². The average Bonchev–Trinajstić information content (AvgIpc) is 2.36. The molecule has 17 heavy (non-hydrogen) atoms. The van der Waals surface area contributed by atoms with Gasteiger partial charge in [-0.2, -0.15) is 5.26 Å². The van der Waals surface area contributed by atoms with Crippen LogP contribution < -0.4 is 5.32 Å². The summed E-state index contributed by atoms with van der Waals surface area (Å²) < 4.78 is 25.5. The fraction of sp³-hybridized carbons (Fsp3) is 0.417. The minimum Gasteiger partial charge on any atom is -0.394 e. The third kappa shape index (κ3) is 3.22. The Morgan fingerprint density at radius 3 is 2.41 bits per heavy atom. The molecule has 2 N–H and O–H groups in total. The van der Waals surface area contributed by atoms with Gasteiger partial charge in [-0.3, -0.25) is 5.32 Å². The highest BCUT2D eigenvalue weighted by atomic mass is 19.3. The van der Waals surface area contributed by atoms with Crippen LogP contribution in [-0.4, -0.2) is 23.7 Å². The maximum atomic E-state index is 12.7. The van der Waals surface area contributed by atoms with Gasteiger partial charge in [-0.05, 0) is 12.5 Å². The molecule has 3 nitrogen and oxygen atoms in total. The van der Waals surface area contributed by atoms with Crippen LogP contribution in [0.2, 0.25) is 0 Å². The molecule has 5 heteroatoms. The van der Waals surface area contributed by atoms with Gasteiger partial charge in [0.25, 0.3) is 6.43 Å². The molecule has 0 spiro atoms. The molecule has 1 rings (SSSR count). The average molecular weight is 240 g/mol. The number of hydrogen-bond acceptors (Lipinski definition) is 3. The fourth-order valence-corrected chi connectivity index (χ4v) is 1.43. The molecule has 1 aromatic rings. The Labute approximate surface area is 98.7 Å². The fourth-order valence-electron chi connectivity index (χ4n) is 1.43. The second-order valence-corrected chi connectivity index (χ2v) is 3.91. The van der Waals surface area contributed by atoms with E-state index in [0.29, 0.717) is 5.56 Å². The highest BCUT2D eigenvalue weighted by Gasteiger charge is 2.37. The molecule has 1 aromatic carbocycles. The Morgan fingerprint density at radius 1 is 1.41 bits per heavy atom. The van der Waals surface area contributed by atoms with E-state index in [4.69, 9.17) is 5.26 Å². The number of alkyl halides is 2. The first kappa shape index (κ1) is 13.6. The summed E-state index contributed by atoms with van der Waals surface area (Å²) in [6.07, 6.45) is -2.83. The lowest BCUT2D eigenvalue weighted by Crippen LogP contribution is -2.49. The number of rotatable bonds is 5. The molecule has 0 heterocycles. The molecule has 0 saturated heterocycles. The van der Waals surface area contributed by atoms with Crippen LogP contribution in [0.25, 0.3) is 0 Å². The first-order valence-electron chi connectivity index (χ1n) is 5.16. The Kier molecular flexibility index (Phi) is 4.55. The van der Waals surface area contributed by atoms with Crippen molar-refractivity contribution in [2.45, 2.75) is 24.9 Å². The number of aliphatic hydroxyl groups is 1. The Hall–Kier alpha value is -1.51. The third-order valence-corrected chi connectivity index (χ3v) is 2.53. The van der Waals surface area contributed by atoms with Crippen molar-refractivity contribution in [2.75, 3.05) is 6.61 Å². The number of nitrogens with one attached hydrogen (secondary N) is 1. The maximum absolute atomic E-state index is 12.7. The summed E-state index contributed by atoms with van der Waals surface area (Å²) in [6, 6.07) is 9.54. The van der Waals surface area contributed by atoms with E-state index in [2.05, 4.69) is 5.32 Å². The molecular formula is C12H14F2N2O. The summed E-state index contributed by atoms with van der Waals surface area (Å²) in [5, 5.41) is 20.5. The second-order valence-electron chi connectivity index (χ2n) is 3.91. The molecule has 2 unspecified atom stereocenters. The van der Waals surface area contributed by atoms with E-state index in [-0.39, 0.29) is 6.61 Å². The zero-order chi connectivity index (χ0) is 12.9. The summed E-state index contributed by atoms with van der Waals surface area (Å²) in [6.45, 7) is 0.761. The molecule has 92 valence electrons. The largest absolute Gasteiger partial charge is 0.394 e. The Morgan fingerprint density at radius 2 is 2.00 bits per heavy atom. The molecule has 0 aliphatic carbocycles. The molecule has 0 fully saturated rings. The minimum absolute atomic E-state index is 0.353. The second kappa shape index (κ2) is 5.71. The van der Waals surface area contributed by atoms with E-state index < -0.39 is 18.0 Å². The van der Waals surface area contributed by atoms with Crippen molar-refractivity contribution in [3.63, 3.8) is 0 Å². The predicted molar refractivity (Wildman–Crippen MR) is 59.4 cm³/mol. The zero-order valence-corrected chi connectivity index (χ0v) is 9.40. The number of benzene rings is 1. The lowest BCUT2D eigenvalue weighted by Gasteiger charge is -2.28. The van der Waals surface area contributed by atoms with Crippen molar-refractivity contribution < 1.29 is 13.9 Å². The predicted octanol–water partition coefficient (Wildman–Crippen LogP) is 1.86. The van der Waals surface area contributed by atoms with Crippen LogP contribution in [-0.2, 0) is 0 Å². The van der Waals surface area contributed by atoms with Gasteiger partial charge in [0.15, 0.2) is 5.54 Å². The SMILES string of the molecule is CC(C#N)(NC(CO)c1ccccc1)C(F)F. The van der Waals surface area contributed by atoms with Gasteiger partial charge in [0.1, 0.15) is 0 Å². The van der Waals surface area contributed by atoms with Crippen LogP contribution in [0.5, 0.6) is 0 Å². The normalized spacial score (nSPS) is 16.2. The number of halogens is 2. The van der Waals surface area contributed by atoms with Gasteiger partial charge in [-0.15, -0.1) is 0 Å². The smallest absolute Gasteiger partial charge is 0.269 e. The molecular weight excluding hydrogens is 226 g/mol. The maximum Gasteiger partial charge on any atom is 0.269 e. The van der Waals surface area contributed by atoms with Crippen molar-refractivity contribution in [1.29, 1.82) is 5.26 Å². The van der Waals surface area contributed by atoms with Gasteiger partial charge >= 0.3 is 0 Å². The number of nitrogens with zero attached hydrogens (tertiary/aromatic N) is 1. The summed E-state index contributed by atoms with van der Waals surface area (Å²) in [4.78, 5) is 0. The molecule has 0 aliphatic heterocycles. The summed E-state index contributed by atoms with van der Waals surface area (Å²) in [5.74, 6) is 0. The van der Waals surface area contributed by atoms with Gasteiger partial charge in [0.05, 0.1) is 18.7 Å². The van der Waals surface area contributed by atoms with Crippen molar-refractivity contribution in [2.24, 2.45) is 0 Å². The van der Waals surface area contributed by atoms with E-state index in [9.17, 15) is 13.9 Å². The molecule has 0 bridgehead atoms. The molecule has 0 aromatic heterocycles. The monoisotopic (exact) mass is 240 g/mol. The number of hydrogen-bond donors (Lipinski definition) is 2. The standard InChI is InChI=1S/C12H14F2N2O/c1-12(8-15,11(13)14)16-10(7-17)9-5-3-2-4-6-9/h2-6,10-11,16-17H,7H2,1H3. The van der Waals surface area contributed by atoms with Crippen LogP contribution in [0.1, 0.15) is 18.5 Å². The zero-order valence-electron chi connectivity index (χ0n) is 9.40. The van der Waals surface area contributed by atoms with Crippen LogP contribution in [0.4, 0.5) is 8.78 Å². The quantitative estimate of drug-likeness (QED) is 0.826. The highest BCUT2D eigenvalue weighted by Crippen LogP contribution is 2.21. The Balaban J connectivity index is 2.88. The van der Waals surface area contributed by atoms with Gasteiger partial charge in [0, 0.05) is 0 Å². The van der Waals surface area contributed by atoms with E-state index in [1.54, 1.807) is 36.4 Å². The van der Waals surface area contributed by atoms with Gasteiger partial charge in [-0.25, -0.2) is 8.78 Å². The van der Waals surface area contributed by atoms with Crippen LogP contribution in [0, 0.1) is 11.3 Å². The summed E-state index contributed by atoms with van der Waals surface area (Å²) in [7, 11) is 0. The van der Waals surface area contributed by atoms with E-state index in [1.807, 2.05) is 0 Å². The van der Waals surface area contributed by atoms with Gasteiger partial charge in [0.2, 0.25) is 0 Å². The Bertz CT molecular complexity index is 391. The van der Waals surface area contributed by atoms with E-state index in [1.165, 1.54) is 0 Å². The lowest BCUT2D eigenvalue weighted by atomic mass is 10.0. The van der Waals surface area contributed by atoms with Gasteiger partial charge in [-0.1, -0.05) is 30.3 Å². The van der Waals surface area contributed by atoms with Crippen molar-refractivity contribution in [3.8, 4) is 6.07 Å². The van der Waals surface area contributed by atoms with E-state index in [0.717, 1.165) is 6.92 Å². The third-order valence-electron chi connectivity index (χ3n) is 2.53. The van der Waals surface area contributed by atoms with Crippen molar-refractivity contribution in [3.05, 3.63) is 35.9 Å². The van der Waals surface area contributed by atoms with Crippen LogP contribution >= 0.6 is 0 Å². The number of aliphatic hydroxyl groups excluding tert-OH is 1. The summed E-state index contributed by atoms with van der Waals surface area (Å²) in [5.41, 5.74) is -1.31. The summed E-state index contributed by atoms with van der Waals surface area (Å²) >= 11 is 0.